The quantitative estimate of drug-likeness (QED) is 0.503. The molecule has 1 saturated heterocycles. The number of nitrogens with zero attached hydrogens (tertiary/aromatic N) is 1. The van der Waals surface area contributed by atoms with Gasteiger partial charge in [-0.1, -0.05) is 36.6 Å². The van der Waals surface area contributed by atoms with Crippen molar-refractivity contribution in [1.82, 2.24) is 4.90 Å². The third-order valence-electron chi connectivity index (χ3n) is 4.81. The van der Waals surface area contributed by atoms with Crippen molar-refractivity contribution in [3.63, 3.8) is 0 Å². The van der Waals surface area contributed by atoms with Crippen LogP contribution in [-0.2, 0) is 6.54 Å². The molecule has 6 heteroatoms. The first-order valence-corrected chi connectivity index (χ1v) is 9.01. The largest absolute Gasteiger partial charge is 0.451 e. The normalized spacial score (nSPS) is 18.1. The first-order chi connectivity index (χ1) is 11.0. The molecule has 0 aliphatic carbocycles. The maximum Gasteiger partial charge on any atom is 0.451 e. The highest BCUT2D eigenvalue weighted by Crippen LogP contribution is 2.24. The zero-order valence-electron chi connectivity index (χ0n) is 13.7. The third-order valence-corrected chi connectivity index (χ3v) is 5.06. The summed E-state index contributed by atoms with van der Waals surface area (Å²) in [5.41, 5.74) is 7.63. The highest BCUT2D eigenvalue weighted by Gasteiger charge is 2.24. The topological polar surface area (TPSA) is 69.7 Å². The van der Waals surface area contributed by atoms with Crippen LogP contribution in [-0.4, -0.2) is 41.2 Å². The molecule has 0 saturated carbocycles. The van der Waals surface area contributed by atoms with E-state index < -0.39 is 7.12 Å². The molecule has 0 aromatic heterocycles. The Morgan fingerprint density at radius 1 is 1.17 bits per heavy atom. The zero-order chi connectivity index (χ0) is 16.7. The molecule has 23 heavy (non-hydrogen) atoms. The molecule has 1 unspecified atom stereocenters. The van der Waals surface area contributed by atoms with Gasteiger partial charge in [-0.3, -0.25) is 4.90 Å². The summed E-state index contributed by atoms with van der Waals surface area (Å²) in [6.07, 6.45) is 5.54. The van der Waals surface area contributed by atoms with Gasteiger partial charge in [0.2, 0.25) is 0 Å². The standard InChI is InChI=1S/C17H28BClN2O2/c19-16-6-4-14(5-7-16)13-21-11-8-15(9-12-21)17(20)3-1-2-10-18(22)23/h4-7,15,17,22-23H,1-3,8-13,20H2. The Morgan fingerprint density at radius 2 is 1.83 bits per heavy atom. The lowest BCUT2D eigenvalue weighted by atomic mass is 9.82. The van der Waals surface area contributed by atoms with E-state index in [1.54, 1.807) is 0 Å². The van der Waals surface area contributed by atoms with Gasteiger partial charge in [0.1, 0.15) is 0 Å². The Balaban J connectivity index is 1.65. The van der Waals surface area contributed by atoms with Crippen LogP contribution in [0.3, 0.4) is 0 Å². The lowest BCUT2D eigenvalue weighted by Crippen LogP contribution is -2.40. The van der Waals surface area contributed by atoms with Gasteiger partial charge in [-0.05, 0) is 62.3 Å². The van der Waals surface area contributed by atoms with E-state index >= 15 is 0 Å². The minimum Gasteiger partial charge on any atom is -0.427 e. The lowest BCUT2D eigenvalue weighted by Gasteiger charge is -2.34. The first-order valence-electron chi connectivity index (χ1n) is 8.63. The molecule has 1 aliphatic rings. The molecule has 0 bridgehead atoms. The number of benzene rings is 1. The van der Waals surface area contributed by atoms with Crippen molar-refractivity contribution in [2.24, 2.45) is 11.7 Å². The maximum atomic E-state index is 8.84. The Morgan fingerprint density at radius 3 is 2.43 bits per heavy atom. The Kier molecular flexibility index (Phi) is 7.86. The molecule has 1 heterocycles. The second-order valence-corrected chi connectivity index (χ2v) is 7.11. The second-order valence-electron chi connectivity index (χ2n) is 6.67. The van der Waals surface area contributed by atoms with Gasteiger partial charge in [0, 0.05) is 17.6 Å². The number of piperidine rings is 1. The molecule has 2 rings (SSSR count). The Hall–Kier alpha value is -0.585. The summed E-state index contributed by atoms with van der Waals surface area (Å²) in [6.45, 7) is 3.17. The predicted octanol–water partition coefficient (Wildman–Crippen LogP) is 2.52. The van der Waals surface area contributed by atoms with Gasteiger partial charge in [-0.15, -0.1) is 0 Å². The van der Waals surface area contributed by atoms with Crippen LogP contribution in [0, 0.1) is 5.92 Å². The number of nitrogens with two attached hydrogens (primary N) is 1. The SMILES string of the molecule is NC(CCCCB(O)O)C1CCN(Cc2ccc(Cl)cc2)CC1. The van der Waals surface area contributed by atoms with Crippen molar-refractivity contribution in [1.29, 1.82) is 0 Å². The van der Waals surface area contributed by atoms with Gasteiger partial charge >= 0.3 is 7.12 Å². The molecular weight excluding hydrogens is 310 g/mol. The fraction of sp³-hybridized carbons (Fsp3) is 0.647. The molecule has 1 fully saturated rings. The molecule has 1 aromatic carbocycles. The van der Waals surface area contributed by atoms with Crippen molar-refractivity contribution < 1.29 is 10.0 Å². The number of hydrogen-bond donors (Lipinski definition) is 3. The van der Waals surface area contributed by atoms with E-state index in [4.69, 9.17) is 27.4 Å². The summed E-state index contributed by atoms with van der Waals surface area (Å²) in [4.78, 5) is 2.48. The molecule has 0 spiro atoms. The second kappa shape index (κ2) is 9.65. The average molecular weight is 339 g/mol. The van der Waals surface area contributed by atoms with E-state index in [-0.39, 0.29) is 6.04 Å². The van der Waals surface area contributed by atoms with E-state index in [2.05, 4.69) is 17.0 Å². The molecule has 1 atom stereocenters. The van der Waals surface area contributed by atoms with Gasteiger partial charge in [0.05, 0.1) is 0 Å². The number of hydrogen-bond acceptors (Lipinski definition) is 4. The van der Waals surface area contributed by atoms with Gasteiger partial charge in [-0.25, -0.2) is 0 Å². The van der Waals surface area contributed by atoms with Crippen molar-refractivity contribution in [2.45, 2.75) is 51.0 Å². The van der Waals surface area contributed by atoms with E-state index in [0.29, 0.717) is 12.2 Å². The van der Waals surface area contributed by atoms with Gasteiger partial charge in [-0.2, -0.15) is 0 Å². The van der Waals surface area contributed by atoms with Crippen LogP contribution in [0.5, 0.6) is 0 Å². The molecule has 4 nitrogen and oxygen atoms in total. The molecule has 0 radical (unpaired) electrons. The van der Waals surface area contributed by atoms with Crippen molar-refractivity contribution in [3.8, 4) is 0 Å². The molecule has 4 N–H and O–H groups in total. The summed E-state index contributed by atoms with van der Waals surface area (Å²) in [6, 6.07) is 8.32. The van der Waals surface area contributed by atoms with Crippen LogP contribution >= 0.6 is 11.6 Å². The van der Waals surface area contributed by atoms with Crippen LogP contribution in [0.1, 0.15) is 37.7 Å². The Bertz CT molecular complexity index is 450. The Labute approximate surface area is 144 Å². The first kappa shape index (κ1) is 18.7. The van der Waals surface area contributed by atoms with Crippen LogP contribution in [0.25, 0.3) is 0 Å². The highest BCUT2D eigenvalue weighted by atomic mass is 35.5. The smallest absolute Gasteiger partial charge is 0.427 e. The molecule has 1 aliphatic heterocycles. The average Bonchev–Trinajstić information content (AvgIpc) is 2.54. The molecular formula is C17H28BClN2O2. The lowest BCUT2D eigenvalue weighted by molar-refractivity contribution is 0.159. The highest BCUT2D eigenvalue weighted by molar-refractivity contribution is 6.40. The van der Waals surface area contributed by atoms with Crippen molar-refractivity contribution >= 4 is 18.7 Å². The number of unbranched alkanes of at least 4 members (excludes halogenated alkanes) is 1. The fourth-order valence-electron chi connectivity index (χ4n) is 3.33. The summed E-state index contributed by atoms with van der Waals surface area (Å²) in [7, 11) is -1.18. The van der Waals surface area contributed by atoms with Crippen LogP contribution < -0.4 is 5.73 Å². The van der Waals surface area contributed by atoms with E-state index in [0.717, 1.165) is 56.8 Å². The number of likely N-dealkylation sites (tertiary alicyclic amines) is 1. The summed E-state index contributed by atoms with van der Waals surface area (Å²) in [5, 5.41) is 18.5. The summed E-state index contributed by atoms with van der Waals surface area (Å²) in [5.74, 6) is 0.593. The molecule has 0 amide bonds. The summed E-state index contributed by atoms with van der Waals surface area (Å²) >= 11 is 5.92. The zero-order valence-corrected chi connectivity index (χ0v) is 14.5. The fourth-order valence-corrected chi connectivity index (χ4v) is 3.46. The van der Waals surface area contributed by atoms with Gasteiger partial charge in [0.25, 0.3) is 0 Å². The van der Waals surface area contributed by atoms with Crippen LogP contribution in [0.2, 0.25) is 11.3 Å². The third kappa shape index (κ3) is 6.82. The van der Waals surface area contributed by atoms with Crippen molar-refractivity contribution in [3.05, 3.63) is 34.9 Å². The van der Waals surface area contributed by atoms with Gasteiger partial charge in [0.15, 0.2) is 0 Å². The predicted molar refractivity (Wildman–Crippen MR) is 96.3 cm³/mol. The van der Waals surface area contributed by atoms with E-state index in [9.17, 15) is 0 Å². The number of rotatable bonds is 8. The van der Waals surface area contributed by atoms with E-state index in [1.165, 1.54) is 5.56 Å². The summed E-state index contributed by atoms with van der Waals surface area (Å²) < 4.78 is 0. The maximum absolute atomic E-state index is 8.84. The monoisotopic (exact) mass is 338 g/mol. The molecule has 128 valence electrons. The number of halogens is 1. The van der Waals surface area contributed by atoms with Crippen LogP contribution in [0.4, 0.5) is 0 Å². The van der Waals surface area contributed by atoms with Crippen molar-refractivity contribution in [2.75, 3.05) is 13.1 Å². The van der Waals surface area contributed by atoms with E-state index in [1.807, 2.05) is 12.1 Å². The molecule has 1 aromatic rings. The van der Waals surface area contributed by atoms with Gasteiger partial charge < -0.3 is 15.8 Å². The van der Waals surface area contributed by atoms with Crippen LogP contribution in [0.15, 0.2) is 24.3 Å². The minimum absolute atomic E-state index is 0.239. The minimum atomic E-state index is -1.18.